The van der Waals surface area contributed by atoms with Crippen LogP contribution in [-0.4, -0.2) is 37.5 Å². The third kappa shape index (κ3) is 3.41. The van der Waals surface area contributed by atoms with Gasteiger partial charge in [-0.3, -0.25) is 0 Å². The lowest BCUT2D eigenvalue weighted by atomic mass is 9.96. The Hall–Kier alpha value is -0.630. The standard InChI is InChI=1S/C9H16N4O2S.ClH/c1-7-2-3-10-4-8(7)13-16(14,15)9-5-11-6-12-9;/h5-8,10,13H,2-4H2,1H3,(H,11,12);1H. The molecule has 1 aromatic heterocycles. The van der Waals surface area contributed by atoms with Gasteiger partial charge in [-0.25, -0.2) is 18.1 Å². The maximum absolute atomic E-state index is 11.9. The predicted octanol–water partition coefficient (Wildman–Crippen LogP) is 0.108. The number of hydrogen-bond donors (Lipinski definition) is 3. The number of hydrogen-bond acceptors (Lipinski definition) is 4. The second kappa shape index (κ2) is 5.81. The Morgan fingerprint density at radius 1 is 1.53 bits per heavy atom. The molecule has 6 nitrogen and oxygen atoms in total. The van der Waals surface area contributed by atoms with E-state index in [9.17, 15) is 8.42 Å². The second-order valence-electron chi connectivity index (χ2n) is 4.11. The van der Waals surface area contributed by atoms with Crippen molar-refractivity contribution in [3.05, 3.63) is 12.5 Å². The van der Waals surface area contributed by atoms with E-state index >= 15 is 0 Å². The molecule has 0 aromatic carbocycles. The summed E-state index contributed by atoms with van der Waals surface area (Å²) in [4.78, 5) is 6.31. The number of H-pyrrole nitrogens is 1. The summed E-state index contributed by atoms with van der Waals surface area (Å²) in [6.07, 6.45) is 3.65. The van der Waals surface area contributed by atoms with Gasteiger partial charge in [0.1, 0.15) is 0 Å². The van der Waals surface area contributed by atoms with Crippen molar-refractivity contribution in [1.82, 2.24) is 20.0 Å². The Balaban J connectivity index is 0.00000144. The number of rotatable bonds is 3. The van der Waals surface area contributed by atoms with Crippen LogP contribution in [-0.2, 0) is 10.0 Å². The molecule has 98 valence electrons. The molecule has 0 amide bonds. The van der Waals surface area contributed by atoms with E-state index in [1.807, 2.05) is 0 Å². The summed E-state index contributed by atoms with van der Waals surface area (Å²) in [5.41, 5.74) is 0. The Morgan fingerprint density at radius 3 is 2.88 bits per heavy atom. The van der Waals surface area contributed by atoms with Crippen LogP contribution >= 0.6 is 12.4 Å². The molecule has 0 bridgehead atoms. The molecule has 1 aliphatic rings. The van der Waals surface area contributed by atoms with Crippen molar-refractivity contribution in [3.8, 4) is 0 Å². The molecule has 2 rings (SSSR count). The van der Waals surface area contributed by atoms with Crippen LogP contribution in [0.3, 0.4) is 0 Å². The maximum atomic E-state index is 11.9. The molecule has 2 unspecified atom stereocenters. The first-order valence-electron chi connectivity index (χ1n) is 5.31. The van der Waals surface area contributed by atoms with Crippen LogP contribution in [0.5, 0.6) is 0 Å². The van der Waals surface area contributed by atoms with E-state index in [-0.39, 0.29) is 23.5 Å². The number of nitrogens with zero attached hydrogens (tertiary/aromatic N) is 1. The smallest absolute Gasteiger partial charge is 0.257 e. The van der Waals surface area contributed by atoms with E-state index in [1.54, 1.807) is 0 Å². The number of imidazole rings is 1. The minimum Gasteiger partial charge on any atom is -0.335 e. The van der Waals surface area contributed by atoms with E-state index < -0.39 is 10.0 Å². The molecular weight excluding hydrogens is 264 g/mol. The molecule has 17 heavy (non-hydrogen) atoms. The topological polar surface area (TPSA) is 86.9 Å². The SMILES string of the molecule is CC1CCNCC1NS(=O)(=O)c1cnc[nH]1.Cl. The molecule has 1 aromatic rings. The molecule has 3 N–H and O–H groups in total. The first-order valence-corrected chi connectivity index (χ1v) is 6.79. The van der Waals surface area contributed by atoms with Gasteiger partial charge in [-0.2, -0.15) is 0 Å². The fraction of sp³-hybridized carbons (Fsp3) is 0.667. The minimum atomic E-state index is -3.46. The highest BCUT2D eigenvalue weighted by Crippen LogP contribution is 2.14. The van der Waals surface area contributed by atoms with E-state index in [1.165, 1.54) is 12.5 Å². The summed E-state index contributed by atoms with van der Waals surface area (Å²) < 4.78 is 26.5. The lowest BCUT2D eigenvalue weighted by Gasteiger charge is -2.29. The summed E-state index contributed by atoms with van der Waals surface area (Å²) >= 11 is 0. The van der Waals surface area contributed by atoms with Gasteiger partial charge in [0.2, 0.25) is 0 Å². The summed E-state index contributed by atoms with van der Waals surface area (Å²) in [6, 6.07) is -0.0537. The molecule has 1 fully saturated rings. The lowest BCUT2D eigenvalue weighted by Crippen LogP contribution is -2.50. The third-order valence-corrected chi connectivity index (χ3v) is 4.31. The van der Waals surface area contributed by atoms with E-state index in [2.05, 4.69) is 26.9 Å². The molecule has 0 saturated carbocycles. The predicted molar refractivity (Wildman–Crippen MR) is 66.6 cm³/mol. The van der Waals surface area contributed by atoms with Crippen molar-refractivity contribution in [2.75, 3.05) is 13.1 Å². The van der Waals surface area contributed by atoms with Gasteiger partial charge in [-0.1, -0.05) is 6.92 Å². The first kappa shape index (κ1) is 14.4. The molecule has 0 aliphatic carbocycles. The Labute approximate surface area is 107 Å². The molecule has 1 saturated heterocycles. The number of nitrogens with one attached hydrogen (secondary N) is 3. The van der Waals surface area contributed by atoms with Crippen LogP contribution in [0.15, 0.2) is 17.6 Å². The number of sulfonamides is 1. The molecule has 2 atom stereocenters. The van der Waals surface area contributed by atoms with Gasteiger partial charge in [0.15, 0.2) is 5.03 Å². The average molecular weight is 281 g/mol. The van der Waals surface area contributed by atoms with Crippen LogP contribution in [0.1, 0.15) is 13.3 Å². The highest BCUT2D eigenvalue weighted by Gasteiger charge is 2.27. The summed E-state index contributed by atoms with van der Waals surface area (Å²) in [7, 11) is -3.46. The Kier molecular flexibility index (Phi) is 4.93. The van der Waals surface area contributed by atoms with Crippen molar-refractivity contribution in [1.29, 1.82) is 0 Å². The molecule has 0 radical (unpaired) electrons. The number of aromatic nitrogens is 2. The molecule has 0 spiro atoms. The zero-order valence-corrected chi connectivity index (χ0v) is 11.1. The van der Waals surface area contributed by atoms with Gasteiger partial charge >= 0.3 is 0 Å². The number of aromatic amines is 1. The zero-order valence-electron chi connectivity index (χ0n) is 9.51. The summed E-state index contributed by atoms with van der Waals surface area (Å²) in [5, 5.41) is 3.30. The Morgan fingerprint density at radius 2 is 2.29 bits per heavy atom. The van der Waals surface area contributed by atoms with E-state index in [4.69, 9.17) is 0 Å². The van der Waals surface area contributed by atoms with Crippen molar-refractivity contribution in [2.24, 2.45) is 5.92 Å². The van der Waals surface area contributed by atoms with Crippen LogP contribution in [0, 0.1) is 5.92 Å². The van der Waals surface area contributed by atoms with Gasteiger partial charge in [-0.15, -0.1) is 12.4 Å². The average Bonchev–Trinajstić information content (AvgIpc) is 2.75. The maximum Gasteiger partial charge on any atom is 0.257 e. The van der Waals surface area contributed by atoms with E-state index in [0.29, 0.717) is 12.5 Å². The van der Waals surface area contributed by atoms with Gasteiger partial charge in [0.25, 0.3) is 10.0 Å². The van der Waals surface area contributed by atoms with Crippen molar-refractivity contribution in [3.63, 3.8) is 0 Å². The van der Waals surface area contributed by atoms with Crippen molar-refractivity contribution < 1.29 is 8.42 Å². The number of halogens is 1. The fourth-order valence-electron chi connectivity index (χ4n) is 1.80. The van der Waals surface area contributed by atoms with Gasteiger partial charge in [0.05, 0.1) is 12.5 Å². The summed E-state index contributed by atoms with van der Waals surface area (Å²) in [5.74, 6) is 0.346. The minimum absolute atomic E-state index is 0. The lowest BCUT2D eigenvalue weighted by molar-refractivity contribution is 0.327. The van der Waals surface area contributed by atoms with Crippen molar-refractivity contribution >= 4 is 22.4 Å². The third-order valence-electron chi connectivity index (χ3n) is 2.90. The number of piperidine rings is 1. The second-order valence-corrected chi connectivity index (χ2v) is 5.80. The van der Waals surface area contributed by atoms with Crippen LogP contribution in [0.2, 0.25) is 0 Å². The highest BCUT2D eigenvalue weighted by atomic mass is 35.5. The Bertz CT molecular complexity index is 434. The quantitative estimate of drug-likeness (QED) is 0.733. The van der Waals surface area contributed by atoms with Crippen LogP contribution in [0.4, 0.5) is 0 Å². The molecule has 8 heteroatoms. The van der Waals surface area contributed by atoms with E-state index in [0.717, 1.165) is 13.0 Å². The highest BCUT2D eigenvalue weighted by molar-refractivity contribution is 7.89. The van der Waals surface area contributed by atoms with Crippen LogP contribution in [0.25, 0.3) is 0 Å². The van der Waals surface area contributed by atoms with Gasteiger partial charge < -0.3 is 10.3 Å². The van der Waals surface area contributed by atoms with Crippen LogP contribution < -0.4 is 10.0 Å². The normalized spacial score (nSPS) is 25.2. The van der Waals surface area contributed by atoms with Gasteiger partial charge in [0, 0.05) is 12.6 Å². The monoisotopic (exact) mass is 280 g/mol. The van der Waals surface area contributed by atoms with Crippen molar-refractivity contribution in [2.45, 2.75) is 24.4 Å². The summed E-state index contributed by atoms with van der Waals surface area (Å²) in [6.45, 7) is 3.68. The molecular formula is C9H17ClN4O2S. The fourth-order valence-corrected chi connectivity index (χ4v) is 3.05. The molecule has 1 aliphatic heterocycles. The first-order chi connectivity index (χ1) is 7.59. The zero-order chi connectivity index (χ0) is 11.6. The molecule has 2 heterocycles. The largest absolute Gasteiger partial charge is 0.335 e. The van der Waals surface area contributed by atoms with Gasteiger partial charge in [-0.05, 0) is 18.9 Å².